The quantitative estimate of drug-likeness (QED) is 0.501. The van der Waals surface area contributed by atoms with E-state index in [9.17, 15) is 4.79 Å². The van der Waals surface area contributed by atoms with Crippen molar-refractivity contribution < 1.29 is 4.79 Å². The Labute approximate surface area is 191 Å². The number of hydrogen-bond acceptors (Lipinski definition) is 7. The molecule has 0 unspecified atom stereocenters. The van der Waals surface area contributed by atoms with E-state index < -0.39 is 0 Å². The molecule has 4 heterocycles. The summed E-state index contributed by atoms with van der Waals surface area (Å²) in [7, 11) is 1.88. The van der Waals surface area contributed by atoms with Crippen molar-refractivity contribution in [1.29, 1.82) is 0 Å². The highest BCUT2D eigenvalue weighted by Crippen LogP contribution is 2.24. The van der Waals surface area contributed by atoms with Gasteiger partial charge in [-0.05, 0) is 26.0 Å². The number of nitrogens with one attached hydrogen (secondary N) is 1. The van der Waals surface area contributed by atoms with Gasteiger partial charge in [0.2, 0.25) is 5.91 Å². The molecule has 5 rings (SSSR count). The summed E-state index contributed by atoms with van der Waals surface area (Å²) in [5, 5.41) is 12.9. The third kappa shape index (κ3) is 4.05. The molecule has 0 radical (unpaired) electrons. The maximum absolute atomic E-state index is 12.8. The highest BCUT2D eigenvalue weighted by atomic mass is 16.2. The summed E-state index contributed by atoms with van der Waals surface area (Å²) in [5.41, 5.74) is 4.30. The summed E-state index contributed by atoms with van der Waals surface area (Å²) in [6, 6.07) is 9.93. The van der Waals surface area contributed by atoms with Gasteiger partial charge in [0, 0.05) is 33.2 Å². The fourth-order valence-corrected chi connectivity index (χ4v) is 4.35. The fraction of sp³-hybridized carbons (Fsp3) is 0.348. The molecule has 4 aromatic rings. The SMILES string of the molecule is Cc1nn(-c2ccccc2)c(C)c1NC(=O)CN1CCN(c2ncnc3c2cnn3C)CC1. The van der Waals surface area contributed by atoms with Crippen molar-refractivity contribution in [2.24, 2.45) is 7.05 Å². The molecular weight excluding hydrogens is 418 g/mol. The first-order chi connectivity index (χ1) is 16.0. The van der Waals surface area contributed by atoms with Crippen molar-refractivity contribution in [3.05, 3.63) is 54.2 Å². The van der Waals surface area contributed by atoms with Gasteiger partial charge in [0.25, 0.3) is 0 Å². The standard InChI is InChI=1S/C23H27N9O/c1-16-21(17(2)32(28-16)18-7-5-4-6-8-18)27-20(33)14-30-9-11-31(12-10-30)23-19-13-26-29(3)22(19)24-15-25-23/h4-8,13,15H,9-12,14H2,1-3H3,(H,27,33). The van der Waals surface area contributed by atoms with Crippen LogP contribution in [-0.4, -0.2) is 73.1 Å². The van der Waals surface area contributed by atoms with E-state index in [0.29, 0.717) is 6.54 Å². The molecule has 3 aromatic heterocycles. The van der Waals surface area contributed by atoms with Crippen molar-refractivity contribution >= 4 is 28.4 Å². The molecule has 0 spiro atoms. The molecule has 0 saturated carbocycles. The van der Waals surface area contributed by atoms with Gasteiger partial charge in [-0.15, -0.1) is 0 Å². The van der Waals surface area contributed by atoms with Crippen molar-refractivity contribution in [1.82, 2.24) is 34.4 Å². The van der Waals surface area contributed by atoms with Gasteiger partial charge in [-0.2, -0.15) is 10.2 Å². The maximum atomic E-state index is 12.8. The summed E-state index contributed by atoms with van der Waals surface area (Å²) in [6.07, 6.45) is 3.39. The van der Waals surface area contributed by atoms with Crippen LogP contribution in [0, 0.1) is 13.8 Å². The van der Waals surface area contributed by atoms with Gasteiger partial charge in [0.1, 0.15) is 12.1 Å². The average Bonchev–Trinajstić information content (AvgIpc) is 3.35. The molecule has 0 atom stereocenters. The number of anilines is 2. The number of nitrogens with zero attached hydrogens (tertiary/aromatic N) is 8. The predicted molar refractivity (Wildman–Crippen MR) is 127 cm³/mol. The topological polar surface area (TPSA) is 97.0 Å². The van der Waals surface area contributed by atoms with E-state index in [2.05, 4.69) is 35.3 Å². The number of carbonyl (C=O) groups excluding carboxylic acids is 1. The molecule has 1 aromatic carbocycles. The van der Waals surface area contributed by atoms with E-state index in [4.69, 9.17) is 0 Å². The number of fused-ring (bicyclic) bond motifs is 1. The monoisotopic (exact) mass is 445 g/mol. The Morgan fingerprint density at radius 1 is 1.06 bits per heavy atom. The number of amides is 1. The molecule has 1 aliphatic heterocycles. The van der Waals surface area contributed by atoms with Crippen LogP contribution in [-0.2, 0) is 11.8 Å². The van der Waals surface area contributed by atoms with Gasteiger partial charge in [-0.3, -0.25) is 14.4 Å². The van der Waals surface area contributed by atoms with Crippen molar-refractivity contribution in [2.45, 2.75) is 13.8 Å². The highest BCUT2D eigenvalue weighted by molar-refractivity contribution is 5.93. The molecule has 1 amide bonds. The zero-order chi connectivity index (χ0) is 22.9. The first-order valence-electron chi connectivity index (χ1n) is 11.0. The van der Waals surface area contributed by atoms with E-state index in [1.807, 2.05) is 62.1 Å². The third-order valence-corrected chi connectivity index (χ3v) is 6.10. The van der Waals surface area contributed by atoms with E-state index in [1.54, 1.807) is 11.0 Å². The molecule has 170 valence electrons. The molecule has 1 saturated heterocycles. The minimum Gasteiger partial charge on any atom is -0.353 e. The van der Waals surface area contributed by atoms with Gasteiger partial charge < -0.3 is 10.2 Å². The first-order valence-corrected chi connectivity index (χ1v) is 11.0. The lowest BCUT2D eigenvalue weighted by molar-refractivity contribution is -0.117. The zero-order valence-corrected chi connectivity index (χ0v) is 19.1. The number of aromatic nitrogens is 6. The largest absolute Gasteiger partial charge is 0.353 e. The van der Waals surface area contributed by atoms with E-state index in [-0.39, 0.29) is 5.91 Å². The number of benzene rings is 1. The number of aryl methyl sites for hydroxylation is 2. The lowest BCUT2D eigenvalue weighted by Crippen LogP contribution is -2.49. The van der Waals surface area contributed by atoms with Crippen LogP contribution in [0.25, 0.3) is 16.7 Å². The van der Waals surface area contributed by atoms with Crippen molar-refractivity contribution in [3.8, 4) is 5.69 Å². The van der Waals surface area contributed by atoms with Gasteiger partial charge in [-0.1, -0.05) is 18.2 Å². The molecule has 0 aliphatic carbocycles. The number of hydrogen-bond donors (Lipinski definition) is 1. The first kappa shape index (κ1) is 21.1. The number of rotatable bonds is 5. The van der Waals surface area contributed by atoms with Crippen LogP contribution in [0.5, 0.6) is 0 Å². The van der Waals surface area contributed by atoms with Crippen LogP contribution in [0.4, 0.5) is 11.5 Å². The van der Waals surface area contributed by atoms with E-state index >= 15 is 0 Å². The van der Waals surface area contributed by atoms with E-state index in [1.165, 1.54) is 0 Å². The average molecular weight is 446 g/mol. The molecule has 1 N–H and O–H groups in total. The fourth-order valence-electron chi connectivity index (χ4n) is 4.35. The van der Waals surface area contributed by atoms with Crippen LogP contribution in [0.1, 0.15) is 11.4 Å². The Morgan fingerprint density at radius 2 is 1.82 bits per heavy atom. The Balaban J connectivity index is 1.21. The van der Waals surface area contributed by atoms with Crippen LogP contribution >= 0.6 is 0 Å². The molecule has 1 aliphatic rings. The number of carbonyl (C=O) groups is 1. The van der Waals surface area contributed by atoms with Crippen LogP contribution in [0.15, 0.2) is 42.9 Å². The lowest BCUT2D eigenvalue weighted by Gasteiger charge is -2.35. The minimum atomic E-state index is -0.0288. The van der Waals surface area contributed by atoms with Crippen LogP contribution in [0.3, 0.4) is 0 Å². The molecule has 1 fully saturated rings. The van der Waals surface area contributed by atoms with Gasteiger partial charge in [-0.25, -0.2) is 14.6 Å². The third-order valence-electron chi connectivity index (χ3n) is 6.10. The van der Waals surface area contributed by atoms with Crippen molar-refractivity contribution in [2.75, 3.05) is 42.9 Å². The maximum Gasteiger partial charge on any atom is 0.238 e. The van der Waals surface area contributed by atoms with Gasteiger partial charge >= 0.3 is 0 Å². The Kier molecular flexibility index (Phi) is 5.51. The number of para-hydroxylation sites is 1. The molecule has 0 bridgehead atoms. The molecule has 10 nitrogen and oxygen atoms in total. The summed E-state index contributed by atoms with van der Waals surface area (Å²) in [5.74, 6) is 0.871. The second-order valence-electron chi connectivity index (χ2n) is 8.31. The second kappa shape index (κ2) is 8.62. The van der Waals surface area contributed by atoms with Crippen LogP contribution < -0.4 is 10.2 Å². The molecule has 33 heavy (non-hydrogen) atoms. The minimum absolute atomic E-state index is 0.0288. The van der Waals surface area contributed by atoms with Crippen molar-refractivity contribution in [3.63, 3.8) is 0 Å². The zero-order valence-electron chi connectivity index (χ0n) is 19.1. The second-order valence-corrected chi connectivity index (χ2v) is 8.31. The summed E-state index contributed by atoms with van der Waals surface area (Å²) in [6.45, 7) is 7.37. The smallest absolute Gasteiger partial charge is 0.238 e. The summed E-state index contributed by atoms with van der Waals surface area (Å²) >= 11 is 0. The molecular formula is C23H27N9O. The Morgan fingerprint density at radius 3 is 2.58 bits per heavy atom. The Hall–Kier alpha value is -3.79. The predicted octanol–water partition coefficient (Wildman–Crippen LogP) is 1.93. The van der Waals surface area contributed by atoms with Gasteiger partial charge in [0.05, 0.1) is 40.9 Å². The van der Waals surface area contributed by atoms with Gasteiger partial charge in [0.15, 0.2) is 5.65 Å². The highest BCUT2D eigenvalue weighted by Gasteiger charge is 2.23. The summed E-state index contributed by atoms with van der Waals surface area (Å²) in [4.78, 5) is 26.0. The Bertz CT molecular complexity index is 1290. The molecule has 10 heteroatoms. The number of piperazine rings is 1. The van der Waals surface area contributed by atoms with E-state index in [0.717, 1.165) is 65.8 Å². The van der Waals surface area contributed by atoms with Crippen LogP contribution in [0.2, 0.25) is 0 Å². The lowest BCUT2D eigenvalue weighted by atomic mass is 10.2. The normalized spacial score (nSPS) is 14.7. The summed E-state index contributed by atoms with van der Waals surface area (Å²) < 4.78 is 3.62.